The van der Waals surface area contributed by atoms with Crippen LogP contribution in [-0.2, 0) is 10.0 Å². The summed E-state index contributed by atoms with van der Waals surface area (Å²) in [4.78, 5) is 0.262. The van der Waals surface area contributed by atoms with Crippen LogP contribution >= 0.6 is 0 Å². The van der Waals surface area contributed by atoms with Crippen molar-refractivity contribution in [1.82, 2.24) is 4.72 Å². The van der Waals surface area contributed by atoms with E-state index in [1.54, 1.807) is 12.1 Å². The highest BCUT2D eigenvalue weighted by atomic mass is 32.2. The summed E-state index contributed by atoms with van der Waals surface area (Å²) in [5.74, 6) is 0. The standard InChI is InChI=1S/C15H24N2O2S/c1-11-7-12(16)9-14(8-11)20(18,19)17-13-5-4-6-15(2,3)10-13/h7-9,13,17H,4-6,10,16H2,1-3H3. The van der Waals surface area contributed by atoms with Gasteiger partial charge in [-0.15, -0.1) is 0 Å². The Hall–Kier alpha value is -1.07. The first-order valence-electron chi connectivity index (χ1n) is 7.07. The molecule has 1 aliphatic carbocycles. The fourth-order valence-corrected chi connectivity index (χ4v) is 4.43. The second kappa shape index (κ2) is 5.37. The Labute approximate surface area is 121 Å². The number of nitrogens with two attached hydrogens (primary N) is 1. The molecule has 112 valence electrons. The lowest BCUT2D eigenvalue weighted by atomic mass is 9.75. The third-order valence-electron chi connectivity index (χ3n) is 3.91. The molecule has 1 saturated carbocycles. The summed E-state index contributed by atoms with van der Waals surface area (Å²) < 4.78 is 27.7. The molecule has 0 radical (unpaired) electrons. The van der Waals surface area contributed by atoms with Gasteiger partial charge in [0.15, 0.2) is 0 Å². The molecule has 0 aliphatic heterocycles. The minimum Gasteiger partial charge on any atom is -0.399 e. The summed E-state index contributed by atoms with van der Waals surface area (Å²) in [5, 5.41) is 0. The Bertz CT molecular complexity index is 574. The second-order valence-corrected chi connectivity index (χ2v) is 8.37. The first kappa shape index (κ1) is 15.3. The van der Waals surface area contributed by atoms with Crippen LogP contribution in [-0.4, -0.2) is 14.5 Å². The summed E-state index contributed by atoms with van der Waals surface area (Å²) in [6.07, 6.45) is 4.01. The Morgan fingerprint density at radius 1 is 1.30 bits per heavy atom. The summed E-state index contributed by atoms with van der Waals surface area (Å²) in [7, 11) is -3.49. The van der Waals surface area contributed by atoms with E-state index in [4.69, 9.17) is 5.73 Å². The van der Waals surface area contributed by atoms with E-state index < -0.39 is 10.0 Å². The van der Waals surface area contributed by atoms with Crippen LogP contribution in [0, 0.1) is 12.3 Å². The van der Waals surface area contributed by atoms with E-state index in [9.17, 15) is 8.42 Å². The van der Waals surface area contributed by atoms with Crippen LogP contribution in [0.4, 0.5) is 5.69 Å². The smallest absolute Gasteiger partial charge is 0.240 e. The van der Waals surface area contributed by atoms with Gasteiger partial charge < -0.3 is 5.73 Å². The van der Waals surface area contributed by atoms with Crippen LogP contribution < -0.4 is 10.5 Å². The summed E-state index contributed by atoms with van der Waals surface area (Å²) in [5.41, 5.74) is 7.28. The van der Waals surface area contributed by atoms with Gasteiger partial charge in [0.25, 0.3) is 0 Å². The van der Waals surface area contributed by atoms with E-state index in [1.165, 1.54) is 6.07 Å². The first-order valence-corrected chi connectivity index (χ1v) is 8.56. The molecule has 1 atom stereocenters. The van der Waals surface area contributed by atoms with Gasteiger partial charge in [-0.05, 0) is 55.4 Å². The largest absolute Gasteiger partial charge is 0.399 e. The highest BCUT2D eigenvalue weighted by Crippen LogP contribution is 2.35. The fourth-order valence-electron chi connectivity index (χ4n) is 3.02. The minimum absolute atomic E-state index is 0.0190. The van der Waals surface area contributed by atoms with Crippen molar-refractivity contribution < 1.29 is 8.42 Å². The van der Waals surface area contributed by atoms with Crippen molar-refractivity contribution in [3.05, 3.63) is 23.8 Å². The average Bonchev–Trinajstić information content (AvgIpc) is 2.25. The molecule has 0 saturated heterocycles. The van der Waals surface area contributed by atoms with E-state index in [0.29, 0.717) is 5.69 Å². The molecular weight excluding hydrogens is 272 g/mol. The molecule has 2 rings (SSSR count). The zero-order chi connectivity index (χ0) is 15.0. The third-order valence-corrected chi connectivity index (χ3v) is 5.41. The Morgan fingerprint density at radius 2 is 2.00 bits per heavy atom. The van der Waals surface area contributed by atoms with Crippen molar-refractivity contribution in [2.45, 2.75) is 57.4 Å². The Balaban J connectivity index is 2.19. The van der Waals surface area contributed by atoms with Crippen molar-refractivity contribution in [2.75, 3.05) is 5.73 Å². The van der Waals surface area contributed by atoms with Crippen molar-refractivity contribution in [3.63, 3.8) is 0 Å². The number of rotatable bonds is 3. The lowest BCUT2D eigenvalue weighted by Crippen LogP contribution is -2.40. The van der Waals surface area contributed by atoms with E-state index in [0.717, 1.165) is 31.2 Å². The predicted octanol–water partition coefficient (Wildman–Crippen LogP) is 2.82. The molecule has 0 spiro atoms. The molecule has 1 aromatic rings. The SMILES string of the molecule is Cc1cc(N)cc(S(=O)(=O)NC2CCCC(C)(C)C2)c1. The van der Waals surface area contributed by atoms with Crippen molar-refractivity contribution >= 4 is 15.7 Å². The molecular formula is C15H24N2O2S. The number of nitrogens with one attached hydrogen (secondary N) is 1. The molecule has 5 heteroatoms. The fraction of sp³-hybridized carbons (Fsp3) is 0.600. The van der Waals surface area contributed by atoms with Gasteiger partial charge in [-0.3, -0.25) is 0 Å². The average molecular weight is 296 g/mol. The number of sulfonamides is 1. The minimum atomic E-state index is -3.49. The topological polar surface area (TPSA) is 72.2 Å². The molecule has 1 unspecified atom stereocenters. The van der Waals surface area contributed by atoms with E-state index in [2.05, 4.69) is 18.6 Å². The van der Waals surface area contributed by atoms with E-state index >= 15 is 0 Å². The summed E-state index contributed by atoms with van der Waals surface area (Å²) in [6.45, 7) is 6.23. The Morgan fingerprint density at radius 3 is 2.60 bits per heavy atom. The monoisotopic (exact) mass is 296 g/mol. The Kier molecular flexibility index (Phi) is 4.12. The lowest BCUT2D eigenvalue weighted by Gasteiger charge is -2.35. The lowest BCUT2D eigenvalue weighted by molar-refractivity contribution is 0.212. The number of hydrogen-bond acceptors (Lipinski definition) is 3. The third kappa shape index (κ3) is 3.73. The van der Waals surface area contributed by atoms with Gasteiger partial charge in [0.1, 0.15) is 0 Å². The van der Waals surface area contributed by atoms with Crippen LogP contribution in [0.15, 0.2) is 23.1 Å². The van der Waals surface area contributed by atoms with Gasteiger partial charge in [0.2, 0.25) is 10.0 Å². The molecule has 3 N–H and O–H groups in total. The number of nitrogen functional groups attached to an aromatic ring is 1. The number of hydrogen-bond donors (Lipinski definition) is 2. The first-order chi connectivity index (χ1) is 9.18. The van der Waals surface area contributed by atoms with E-state index in [1.807, 2.05) is 6.92 Å². The van der Waals surface area contributed by atoms with Crippen LogP contribution in [0.1, 0.15) is 45.1 Å². The second-order valence-electron chi connectivity index (χ2n) is 6.66. The van der Waals surface area contributed by atoms with Gasteiger partial charge in [0, 0.05) is 11.7 Å². The van der Waals surface area contributed by atoms with Crippen LogP contribution in [0.25, 0.3) is 0 Å². The van der Waals surface area contributed by atoms with Crippen molar-refractivity contribution in [2.24, 2.45) is 5.41 Å². The predicted molar refractivity (Wildman–Crippen MR) is 81.9 cm³/mol. The molecule has 1 aromatic carbocycles. The highest BCUT2D eigenvalue weighted by molar-refractivity contribution is 7.89. The zero-order valence-corrected chi connectivity index (χ0v) is 13.3. The number of benzene rings is 1. The highest BCUT2D eigenvalue weighted by Gasteiger charge is 2.30. The molecule has 1 fully saturated rings. The van der Waals surface area contributed by atoms with Gasteiger partial charge in [0.05, 0.1) is 4.90 Å². The quantitative estimate of drug-likeness (QED) is 0.842. The van der Waals surface area contributed by atoms with Gasteiger partial charge in [-0.25, -0.2) is 13.1 Å². The molecule has 0 bridgehead atoms. The normalized spacial score (nSPS) is 22.6. The molecule has 4 nitrogen and oxygen atoms in total. The number of anilines is 1. The molecule has 0 amide bonds. The van der Waals surface area contributed by atoms with Gasteiger partial charge in [-0.1, -0.05) is 20.3 Å². The molecule has 20 heavy (non-hydrogen) atoms. The molecule has 0 heterocycles. The summed E-state index contributed by atoms with van der Waals surface area (Å²) in [6, 6.07) is 4.96. The maximum atomic E-state index is 12.4. The zero-order valence-electron chi connectivity index (χ0n) is 12.4. The van der Waals surface area contributed by atoms with Crippen molar-refractivity contribution in [3.8, 4) is 0 Å². The maximum absolute atomic E-state index is 12.4. The molecule has 1 aliphatic rings. The number of aryl methyl sites for hydroxylation is 1. The van der Waals surface area contributed by atoms with E-state index in [-0.39, 0.29) is 16.4 Å². The van der Waals surface area contributed by atoms with Gasteiger partial charge in [-0.2, -0.15) is 0 Å². The van der Waals surface area contributed by atoms with Crippen LogP contribution in [0.3, 0.4) is 0 Å². The molecule has 0 aromatic heterocycles. The summed E-state index contributed by atoms with van der Waals surface area (Å²) >= 11 is 0. The van der Waals surface area contributed by atoms with Crippen LogP contribution in [0.2, 0.25) is 0 Å². The van der Waals surface area contributed by atoms with Crippen LogP contribution in [0.5, 0.6) is 0 Å². The maximum Gasteiger partial charge on any atom is 0.240 e. The van der Waals surface area contributed by atoms with Crippen molar-refractivity contribution in [1.29, 1.82) is 0 Å². The van der Waals surface area contributed by atoms with Gasteiger partial charge >= 0.3 is 0 Å².